The van der Waals surface area contributed by atoms with Crippen molar-refractivity contribution in [2.75, 3.05) is 0 Å². The largest absolute Gasteiger partial charge is 0.464 e. The van der Waals surface area contributed by atoms with Gasteiger partial charge in [-0.25, -0.2) is 9.59 Å². The van der Waals surface area contributed by atoms with E-state index in [2.05, 4.69) is 6.92 Å². The van der Waals surface area contributed by atoms with E-state index >= 15 is 0 Å². The summed E-state index contributed by atoms with van der Waals surface area (Å²) < 4.78 is 0. The fourth-order valence-electron chi connectivity index (χ4n) is 3.05. The summed E-state index contributed by atoms with van der Waals surface area (Å²) in [4.78, 5) is 32.7. The molecule has 0 aliphatic carbocycles. The van der Waals surface area contributed by atoms with Crippen LogP contribution in [0.1, 0.15) is 110 Å². The van der Waals surface area contributed by atoms with Crippen molar-refractivity contribution in [2.24, 2.45) is 0 Å². The number of carbonyl (C=O) groups excluding carboxylic acids is 1. The molecule has 0 rings (SSSR count). The first kappa shape index (κ1) is 24.4. The number of unbranched alkanes of at least 4 members (excludes halogenated alkanes) is 14. The average molecular weight is 372 g/mol. The fourth-order valence-corrected chi connectivity index (χ4v) is 3.05. The molecule has 0 aromatic heterocycles. The van der Waals surface area contributed by atoms with Crippen molar-refractivity contribution < 1.29 is 24.6 Å². The van der Waals surface area contributed by atoms with Crippen LogP contribution >= 0.6 is 0 Å². The van der Waals surface area contributed by atoms with E-state index in [0.29, 0.717) is 6.42 Å². The predicted molar refractivity (Wildman–Crippen MR) is 102 cm³/mol. The Morgan fingerprint density at radius 1 is 0.577 bits per heavy atom. The van der Waals surface area contributed by atoms with Crippen molar-refractivity contribution >= 4 is 18.1 Å². The van der Waals surface area contributed by atoms with Crippen LogP contribution in [0.25, 0.3) is 0 Å². The van der Waals surface area contributed by atoms with Gasteiger partial charge < -0.3 is 10.2 Å². The van der Waals surface area contributed by atoms with Gasteiger partial charge in [0, 0.05) is 6.42 Å². The minimum atomic E-state index is -1.73. The van der Waals surface area contributed by atoms with Gasteiger partial charge in [0.05, 0.1) is 0 Å². The Bertz CT molecular complexity index is 384. The summed E-state index contributed by atoms with van der Waals surface area (Å²) >= 11 is 0. The van der Waals surface area contributed by atoms with Gasteiger partial charge in [-0.05, 0) is 6.42 Å². The number of carbonyl (C=O) groups is 3. The van der Waals surface area contributed by atoms with E-state index in [1.165, 1.54) is 70.6 Å². The normalized spacial score (nSPS) is 10.7. The highest BCUT2D eigenvalue weighted by Gasteiger charge is 2.26. The lowest BCUT2D eigenvalue weighted by Crippen LogP contribution is -2.39. The molecule has 0 aliphatic rings. The lowest BCUT2D eigenvalue weighted by atomic mass is 10.0. The summed E-state index contributed by atoms with van der Waals surface area (Å²) in [5, 5.41) is 17.3. The third-order valence-electron chi connectivity index (χ3n) is 4.63. The van der Waals surface area contributed by atoms with Crippen LogP contribution in [-0.4, -0.2) is 33.2 Å². The molecule has 6 heteroatoms. The Hall–Kier alpha value is -1.59. The van der Waals surface area contributed by atoms with Gasteiger partial charge in [0.1, 0.15) is 0 Å². The van der Waals surface area contributed by atoms with Gasteiger partial charge in [0.15, 0.2) is 0 Å². The van der Waals surface area contributed by atoms with Crippen LogP contribution in [-0.2, 0) is 4.79 Å². The number of hydrogen-bond acceptors (Lipinski definition) is 3. The van der Waals surface area contributed by atoms with Gasteiger partial charge in [0.25, 0.3) is 0 Å². The van der Waals surface area contributed by atoms with E-state index < -0.39 is 18.1 Å². The molecular weight excluding hydrogens is 334 g/mol. The lowest BCUT2D eigenvalue weighted by molar-refractivity contribution is -0.127. The van der Waals surface area contributed by atoms with Crippen molar-refractivity contribution in [3.05, 3.63) is 0 Å². The van der Waals surface area contributed by atoms with Crippen molar-refractivity contribution in [3.63, 3.8) is 0 Å². The molecule has 0 heterocycles. The molecule has 2 N–H and O–H groups in total. The molecule has 3 amide bonds. The monoisotopic (exact) mass is 371 g/mol. The number of rotatable bonds is 16. The highest BCUT2D eigenvalue weighted by molar-refractivity contribution is 6.05. The predicted octanol–water partition coefficient (Wildman–Crippen LogP) is 6.43. The first-order chi connectivity index (χ1) is 12.5. The summed E-state index contributed by atoms with van der Waals surface area (Å²) in [6.07, 6.45) is 14.6. The average Bonchev–Trinajstić information content (AvgIpc) is 2.57. The highest BCUT2D eigenvalue weighted by atomic mass is 16.4. The summed E-state index contributed by atoms with van der Waals surface area (Å²) in [7, 11) is 0. The first-order valence-corrected chi connectivity index (χ1v) is 10.3. The molecule has 0 unspecified atom stereocenters. The van der Waals surface area contributed by atoms with Gasteiger partial charge in [-0.2, -0.15) is 0 Å². The molecule has 0 aromatic carbocycles. The SMILES string of the molecule is CCCCCCCCCCCCCCCCCC(=O)N(C(=O)O)C(=O)O. The number of imide groups is 3. The van der Waals surface area contributed by atoms with Gasteiger partial charge in [0.2, 0.25) is 5.91 Å². The van der Waals surface area contributed by atoms with Crippen molar-refractivity contribution in [1.82, 2.24) is 4.90 Å². The number of amides is 3. The second-order valence-electron chi connectivity index (χ2n) is 6.99. The number of hydrogen-bond donors (Lipinski definition) is 2. The minimum absolute atomic E-state index is 0.0309. The third kappa shape index (κ3) is 13.7. The van der Waals surface area contributed by atoms with E-state index in [1.54, 1.807) is 0 Å². The van der Waals surface area contributed by atoms with E-state index in [4.69, 9.17) is 10.2 Å². The maximum atomic E-state index is 11.5. The first-order valence-electron chi connectivity index (χ1n) is 10.3. The molecular formula is C20H37NO5. The molecule has 0 atom stereocenters. The zero-order valence-corrected chi connectivity index (χ0v) is 16.4. The summed E-state index contributed by atoms with van der Waals surface area (Å²) in [6.45, 7) is 2.24. The number of nitrogens with zero attached hydrogens (tertiary/aromatic N) is 1. The maximum absolute atomic E-state index is 11.5. The second-order valence-corrected chi connectivity index (χ2v) is 6.99. The van der Waals surface area contributed by atoms with Crippen LogP contribution in [0.4, 0.5) is 9.59 Å². The van der Waals surface area contributed by atoms with Crippen LogP contribution in [0.3, 0.4) is 0 Å². The lowest BCUT2D eigenvalue weighted by Gasteiger charge is -2.11. The van der Waals surface area contributed by atoms with Crippen LogP contribution in [0.15, 0.2) is 0 Å². The van der Waals surface area contributed by atoms with Gasteiger partial charge in [-0.3, -0.25) is 4.79 Å². The van der Waals surface area contributed by atoms with Crippen molar-refractivity contribution in [1.29, 1.82) is 0 Å². The molecule has 0 fully saturated rings. The van der Waals surface area contributed by atoms with E-state index in [1.807, 2.05) is 0 Å². The topological polar surface area (TPSA) is 94.9 Å². The molecule has 0 spiro atoms. The molecule has 0 aromatic rings. The van der Waals surface area contributed by atoms with Crippen LogP contribution in [0.2, 0.25) is 0 Å². The minimum Gasteiger partial charge on any atom is -0.464 e. The van der Waals surface area contributed by atoms with Crippen molar-refractivity contribution in [3.8, 4) is 0 Å². The molecule has 0 saturated carbocycles. The Kier molecular flexibility index (Phi) is 15.8. The molecule has 0 bridgehead atoms. The van der Waals surface area contributed by atoms with Crippen LogP contribution < -0.4 is 0 Å². The Morgan fingerprint density at radius 3 is 1.19 bits per heavy atom. The molecule has 152 valence electrons. The molecule has 0 radical (unpaired) electrons. The summed E-state index contributed by atoms with van der Waals surface area (Å²) in [5.74, 6) is -0.861. The second kappa shape index (κ2) is 16.9. The van der Waals surface area contributed by atoms with Gasteiger partial charge >= 0.3 is 12.2 Å². The fraction of sp³-hybridized carbons (Fsp3) is 0.850. The quantitative estimate of drug-likeness (QED) is 0.305. The van der Waals surface area contributed by atoms with Crippen LogP contribution in [0, 0.1) is 0 Å². The zero-order valence-electron chi connectivity index (χ0n) is 16.4. The third-order valence-corrected chi connectivity index (χ3v) is 4.63. The van der Waals surface area contributed by atoms with Crippen molar-refractivity contribution in [2.45, 2.75) is 110 Å². The van der Waals surface area contributed by atoms with E-state index in [-0.39, 0.29) is 11.3 Å². The zero-order chi connectivity index (χ0) is 19.6. The molecule has 26 heavy (non-hydrogen) atoms. The van der Waals surface area contributed by atoms with Gasteiger partial charge in [-0.15, -0.1) is 4.90 Å². The summed E-state index contributed by atoms with van der Waals surface area (Å²) in [6, 6.07) is 0. The molecule has 6 nitrogen and oxygen atoms in total. The Balaban J connectivity index is 3.37. The highest BCUT2D eigenvalue weighted by Crippen LogP contribution is 2.14. The van der Waals surface area contributed by atoms with E-state index in [0.717, 1.165) is 19.3 Å². The number of carboxylic acid groups (broad SMARTS) is 2. The Labute approximate surface area is 158 Å². The van der Waals surface area contributed by atoms with E-state index in [9.17, 15) is 14.4 Å². The molecule has 0 saturated heterocycles. The standard InChI is InChI=1S/C20H37NO5/c1-2-3-4-5-6-7-8-9-10-11-12-13-14-15-16-17-18(22)21(19(23)24)20(25)26/h2-17H2,1H3,(H,23,24)(H,25,26). The summed E-state index contributed by atoms with van der Waals surface area (Å²) in [5.41, 5.74) is 0. The van der Waals surface area contributed by atoms with Gasteiger partial charge in [-0.1, -0.05) is 96.8 Å². The maximum Gasteiger partial charge on any atom is 0.423 e. The molecule has 0 aliphatic heterocycles. The Morgan fingerprint density at radius 2 is 0.885 bits per heavy atom. The smallest absolute Gasteiger partial charge is 0.423 e. The van der Waals surface area contributed by atoms with Crippen LogP contribution in [0.5, 0.6) is 0 Å².